The molecule has 1 aliphatic rings. The Morgan fingerprint density at radius 1 is 0.931 bits per heavy atom. The molecule has 0 radical (unpaired) electrons. The predicted octanol–water partition coefficient (Wildman–Crippen LogP) is 3.92. The Kier molecular flexibility index (Phi) is 5.81. The number of halogens is 1. The van der Waals surface area contributed by atoms with Crippen molar-refractivity contribution in [1.82, 2.24) is 14.8 Å². The van der Waals surface area contributed by atoms with E-state index in [0.717, 1.165) is 25.3 Å². The molecular weight excluding hydrogens is 367 g/mol. The molecule has 4 rings (SSSR count). The number of anilines is 2. The van der Waals surface area contributed by atoms with Gasteiger partial charge in [-0.3, -0.25) is 14.7 Å². The van der Waals surface area contributed by atoms with E-state index in [1.807, 2.05) is 11.0 Å². The Morgan fingerprint density at radius 3 is 2.38 bits per heavy atom. The lowest BCUT2D eigenvalue weighted by Crippen LogP contribution is -2.48. The smallest absolute Gasteiger partial charge is 0.255 e. The van der Waals surface area contributed by atoms with E-state index in [1.54, 1.807) is 30.6 Å². The van der Waals surface area contributed by atoms with Crippen molar-refractivity contribution in [2.45, 2.75) is 6.54 Å². The summed E-state index contributed by atoms with van der Waals surface area (Å²) in [6.45, 7) is 3.99. The van der Waals surface area contributed by atoms with Gasteiger partial charge in [0, 0.05) is 44.6 Å². The number of carbonyl (C=O) groups is 1. The highest BCUT2D eigenvalue weighted by molar-refractivity contribution is 5.95. The van der Waals surface area contributed by atoms with E-state index in [2.05, 4.69) is 39.5 Å². The van der Waals surface area contributed by atoms with Crippen LogP contribution in [0.4, 0.5) is 15.8 Å². The molecule has 2 heterocycles. The van der Waals surface area contributed by atoms with Crippen LogP contribution in [0, 0.1) is 5.82 Å². The first kappa shape index (κ1) is 19.1. The average Bonchev–Trinajstić information content (AvgIpc) is 2.76. The maximum absolute atomic E-state index is 13.1. The van der Waals surface area contributed by atoms with E-state index in [9.17, 15) is 9.18 Å². The number of nitrogens with one attached hydrogen (secondary N) is 1. The zero-order chi connectivity index (χ0) is 20.1. The molecule has 0 spiro atoms. The second-order valence-corrected chi connectivity index (χ2v) is 7.15. The molecule has 148 valence electrons. The van der Waals surface area contributed by atoms with Gasteiger partial charge in [-0.15, -0.1) is 0 Å². The summed E-state index contributed by atoms with van der Waals surface area (Å²) in [5.41, 5.74) is 3.28. The van der Waals surface area contributed by atoms with E-state index >= 15 is 0 Å². The van der Waals surface area contributed by atoms with Gasteiger partial charge in [0.1, 0.15) is 5.82 Å². The number of amides is 1. The van der Waals surface area contributed by atoms with Gasteiger partial charge in [-0.1, -0.05) is 30.3 Å². The molecule has 5 nitrogen and oxygen atoms in total. The first-order valence-electron chi connectivity index (χ1n) is 9.70. The molecule has 0 unspecified atom stereocenters. The third-order valence-corrected chi connectivity index (χ3v) is 5.03. The van der Waals surface area contributed by atoms with Crippen molar-refractivity contribution in [3.63, 3.8) is 0 Å². The molecule has 29 heavy (non-hydrogen) atoms. The molecule has 2 aromatic carbocycles. The summed E-state index contributed by atoms with van der Waals surface area (Å²) >= 11 is 0. The highest BCUT2D eigenvalue weighted by Gasteiger charge is 2.22. The lowest BCUT2D eigenvalue weighted by atomic mass is 10.1. The fourth-order valence-corrected chi connectivity index (χ4v) is 3.46. The fraction of sp³-hybridized carbons (Fsp3) is 0.217. The zero-order valence-electron chi connectivity index (χ0n) is 16.1. The maximum atomic E-state index is 13.1. The molecular formula is C23H23FN4O. The number of piperazine rings is 1. The SMILES string of the molecule is O=C(c1cncc(Nc2ccc(F)cc2)c1)N1CCN(Cc2ccccc2)CC1. The largest absolute Gasteiger partial charge is 0.354 e. The topological polar surface area (TPSA) is 48.5 Å². The van der Waals surface area contributed by atoms with E-state index in [-0.39, 0.29) is 11.7 Å². The first-order valence-corrected chi connectivity index (χ1v) is 9.70. The molecule has 1 aliphatic heterocycles. The average molecular weight is 390 g/mol. The highest BCUT2D eigenvalue weighted by Crippen LogP contribution is 2.18. The number of aromatic nitrogens is 1. The molecule has 0 bridgehead atoms. The third kappa shape index (κ3) is 4.97. The Bertz CT molecular complexity index is 954. The normalized spacial score (nSPS) is 14.6. The maximum Gasteiger partial charge on any atom is 0.255 e. The first-order chi connectivity index (χ1) is 14.2. The minimum absolute atomic E-state index is 0.0142. The number of carbonyl (C=O) groups excluding carboxylic acids is 1. The van der Waals surface area contributed by atoms with Crippen molar-refractivity contribution < 1.29 is 9.18 Å². The van der Waals surface area contributed by atoms with Crippen LogP contribution in [0.2, 0.25) is 0 Å². The summed E-state index contributed by atoms with van der Waals surface area (Å²) in [7, 11) is 0. The van der Waals surface area contributed by atoms with Gasteiger partial charge >= 0.3 is 0 Å². The minimum atomic E-state index is -0.288. The van der Waals surface area contributed by atoms with E-state index in [0.29, 0.717) is 24.3 Å². The summed E-state index contributed by atoms with van der Waals surface area (Å²) in [4.78, 5) is 21.3. The Labute approximate surface area is 169 Å². The van der Waals surface area contributed by atoms with Gasteiger partial charge in [-0.05, 0) is 35.9 Å². The zero-order valence-corrected chi connectivity index (χ0v) is 16.1. The van der Waals surface area contributed by atoms with Gasteiger partial charge in [0.15, 0.2) is 0 Å². The van der Waals surface area contributed by atoms with Crippen LogP contribution in [-0.2, 0) is 6.54 Å². The lowest BCUT2D eigenvalue weighted by molar-refractivity contribution is 0.0628. The second kappa shape index (κ2) is 8.84. The van der Waals surface area contributed by atoms with E-state index in [4.69, 9.17) is 0 Å². The molecule has 3 aromatic rings. The number of hydrogen-bond donors (Lipinski definition) is 1. The quantitative estimate of drug-likeness (QED) is 0.717. The monoisotopic (exact) mass is 390 g/mol. The molecule has 0 aliphatic carbocycles. The van der Waals surface area contributed by atoms with Crippen molar-refractivity contribution in [3.8, 4) is 0 Å². The lowest BCUT2D eigenvalue weighted by Gasteiger charge is -2.34. The standard InChI is InChI=1S/C23H23FN4O/c24-20-6-8-21(9-7-20)26-22-14-19(15-25-16-22)23(29)28-12-10-27(11-13-28)17-18-4-2-1-3-5-18/h1-9,14-16,26H,10-13,17H2. The van der Waals surface area contributed by atoms with Gasteiger partial charge in [-0.2, -0.15) is 0 Å². The predicted molar refractivity (Wildman–Crippen MR) is 112 cm³/mol. The number of rotatable bonds is 5. The minimum Gasteiger partial charge on any atom is -0.354 e. The Balaban J connectivity index is 1.35. The Hall–Kier alpha value is -3.25. The van der Waals surface area contributed by atoms with Crippen LogP contribution in [0.5, 0.6) is 0 Å². The second-order valence-electron chi connectivity index (χ2n) is 7.15. The van der Waals surface area contributed by atoms with E-state index in [1.165, 1.54) is 17.7 Å². The van der Waals surface area contributed by atoms with Gasteiger partial charge in [0.2, 0.25) is 0 Å². The van der Waals surface area contributed by atoms with Crippen LogP contribution in [0.3, 0.4) is 0 Å². The van der Waals surface area contributed by atoms with Gasteiger partial charge < -0.3 is 10.2 Å². The number of pyridine rings is 1. The number of nitrogens with zero attached hydrogens (tertiary/aromatic N) is 3. The summed E-state index contributed by atoms with van der Waals surface area (Å²) in [6, 6.07) is 18.2. The van der Waals surface area contributed by atoms with Gasteiger partial charge in [0.05, 0.1) is 17.4 Å². The van der Waals surface area contributed by atoms with Crippen molar-refractivity contribution in [1.29, 1.82) is 0 Å². The molecule has 1 fully saturated rings. The fourth-order valence-electron chi connectivity index (χ4n) is 3.46. The van der Waals surface area contributed by atoms with Crippen LogP contribution in [0.25, 0.3) is 0 Å². The third-order valence-electron chi connectivity index (χ3n) is 5.03. The van der Waals surface area contributed by atoms with Crippen LogP contribution < -0.4 is 5.32 Å². The summed E-state index contributed by atoms with van der Waals surface area (Å²) < 4.78 is 13.1. The van der Waals surface area contributed by atoms with E-state index < -0.39 is 0 Å². The van der Waals surface area contributed by atoms with Crippen molar-refractivity contribution in [2.24, 2.45) is 0 Å². The molecule has 0 atom stereocenters. The summed E-state index contributed by atoms with van der Waals surface area (Å²) in [6.07, 6.45) is 3.24. The van der Waals surface area contributed by atoms with Gasteiger partial charge in [-0.25, -0.2) is 4.39 Å². The molecule has 6 heteroatoms. The number of hydrogen-bond acceptors (Lipinski definition) is 4. The van der Waals surface area contributed by atoms with Crippen LogP contribution in [0.15, 0.2) is 73.1 Å². The van der Waals surface area contributed by atoms with Gasteiger partial charge in [0.25, 0.3) is 5.91 Å². The molecule has 1 amide bonds. The summed E-state index contributed by atoms with van der Waals surface area (Å²) in [5, 5.41) is 3.16. The van der Waals surface area contributed by atoms with Crippen molar-refractivity contribution in [3.05, 3.63) is 90.0 Å². The van der Waals surface area contributed by atoms with Crippen molar-refractivity contribution in [2.75, 3.05) is 31.5 Å². The number of benzene rings is 2. The van der Waals surface area contributed by atoms with Crippen molar-refractivity contribution >= 4 is 17.3 Å². The highest BCUT2D eigenvalue weighted by atomic mass is 19.1. The molecule has 1 saturated heterocycles. The molecule has 1 N–H and O–H groups in total. The van der Waals surface area contributed by atoms with Crippen LogP contribution >= 0.6 is 0 Å². The summed E-state index contributed by atoms with van der Waals surface area (Å²) in [5.74, 6) is -0.302. The molecule has 0 saturated carbocycles. The molecule has 1 aromatic heterocycles. The van der Waals surface area contributed by atoms with Crippen LogP contribution in [0.1, 0.15) is 15.9 Å². The Morgan fingerprint density at radius 2 is 1.66 bits per heavy atom. The van der Waals surface area contributed by atoms with Crippen LogP contribution in [-0.4, -0.2) is 46.9 Å².